The van der Waals surface area contributed by atoms with Gasteiger partial charge in [-0.2, -0.15) is 0 Å². The quantitative estimate of drug-likeness (QED) is 0.580. The SMILES string of the molecule is COc1ccc(N2C(=O)c3ccc([N+](=O)[O-])cc3C2CC(=O)C2CCCCN2)cc1. The Morgan fingerprint density at radius 1 is 1.23 bits per heavy atom. The number of rotatable bonds is 6. The minimum absolute atomic E-state index is 0.0189. The van der Waals surface area contributed by atoms with E-state index in [0.29, 0.717) is 22.6 Å². The molecule has 2 aliphatic rings. The number of carbonyl (C=O) groups excluding carboxylic acids is 2. The summed E-state index contributed by atoms with van der Waals surface area (Å²) in [6, 6.07) is 10.4. The van der Waals surface area contributed by atoms with E-state index in [1.807, 2.05) is 0 Å². The Labute approximate surface area is 174 Å². The van der Waals surface area contributed by atoms with Gasteiger partial charge in [-0.3, -0.25) is 19.7 Å². The molecule has 0 bridgehead atoms. The van der Waals surface area contributed by atoms with Gasteiger partial charge in [-0.25, -0.2) is 0 Å². The van der Waals surface area contributed by atoms with Gasteiger partial charge in [0.2, 0.25) is 0 Å². The van der Waals surface area contributed by atoms with Crippen LogP contribution in [0.15, 0.2) is 42.5 Å². The number of ketones is 1. The van der Waals surface area contributed by atoms with Crippen LogP contribution in [0.5, 0.6) is 5.75 Å². The van der Waals surface area contributed by atoms with E-state index in [1.54, 1.807) is 36.3 Å². The summed E-state index contributed by atoms with van der Waals surface area (Å²) in [5, 5.41) is 14.5. The lowest BCUT2D eigenvalue weighted by atomic mass is 9.93. The normalized spacial score (nSPS) is 20.7. The van der Waals surface area contributed by atoms with Crippen molar-refractivity contribution < 1.29 is 19.2 Å². The molecule has 156 valence electrons. The van der Waals surface area contributed by atoms with Crippen molar-refractivity contribution in [1.29, 1.82) is 0 Å². The molecule has 2 aromatic rings. The van der Waals surface area contributed by atoms with Crippen molar-refractivity contribution in [3.63, 3.8) is 0 Å². The number of hydrogen-bond donors (Lipinski definition) is 1. The predicted molar refractivity (Wildman–Crippen MR) is 111 cm³/mol. The van der Waals surface area contributed by atoms with Gasteiger partial charge in [0.25, 0.3) is 11.6 Å². The maximum absolute atomic E-state index is 13.2. The smallest absolute Gasteiger partial charge is 0.269 e. The Kier molecular flexibility index (Phi) is 5.50. The number of benzene rings is 2. The fourth-order valence-corrected chi connectivity index (χ4v) is 4.25. The number of non-ortho nitro benzene ring substituents is 1. The van der Waals surface area contributed by atoms with Crippen molar-refractivity contribution in [1.82, 2.24) is 5.32 Å². The van der Waals surface area contributed by atoms with Crippen LogP contribution in [0.2, 0.25) is 0 Å². The number of hydrogen-bond acceptors (Lipinski definition) is 6. The lowest BCUT2D eigenvalue weighted by molar-refractivity contribution is -0.384. The molecular weight excluding hydrogens is 386 g/mol. The summed E-state index contributed by atoms with van der Waals surface area (Å²) in [5.74, 6) is 0.405. The number of methoxy groups -OCH3 is 1. The van der Waals surface area contributed by atoms with E-state index in [1.165, 1.54) is 18.2 Å². The number of nitrogens with one attached hydrogen (secondary N) is 1. The number of piperidine rings is 1. The summed E-state index contributed by atoms with van der Waals surface area (Å²) in [4.78, 5) is 38.6. The molecule has 0 aromatic heterocycles. The standard InChI is InChI=1S/C22H23N3O5/c1-30-16-8-5-14(6-9-16)24-20(13-21(26)19-4-2-3-11-23-19)18-12-15(25(28)29)7-10-17(18)22(24)27/h5-10,12,19-20,23H,2-4,11,13H2,1H3. The summed E-state index contributed by atoms with van der Waals surface area (Å²) in [6.45, 7) is 0.796. The second-order valence-electron chi connectivity index (χ2n) is 7.59. The Bertz CT molecular complexity index is 983. The number of nitrogens with zero attached hydrogens (tertiary/aromatic N) is 2. The summed E-state index contributed by atoms with van der Waals surface area (Å²) in [7, 11) is 1.56. The summed E-state index contributed by atoms with van der Waals surface area (Å²) in [5.41, 5.74) is 1.44. The first-order valence-electron chi connectivity index (χ1n) is 10.0. The molecule has 0 radical (unpaired) electrons. The molecule has 2 heterocycles. The molecule has 2 aromatic carbocycles. The Hall–Kier alpha value is -3.26. The Morgan fingerprint density at radius 2 is 2.00 bits per heavy atom. The van der Waals surface area contributed by atoms with Crippen molar-refractivity contribution in [3.8, 4) is 5.75 Å². The fourth-order valence-electron chi connectivity index (χ4n) is 4.25. The third kappa shape index (κ3) is 3.66. The van der Waals surface area contributed by atoms with Crippen LogP contribution < -0.4 is 15.0 Å². The monoisotopic (exact) mass is 409 g/mol. The number of ether oxygens (including phenoxy) is 1. The second kappa shape index (κ2) is 8.23. The molecule has 1 N–H and O–H groups in total. The van der Waals surface area contributed by atoms with Crippen LogP contribution in [0.1, 0.15) is 47.6 Å². The molecule has 0 saturated carbocycles. The van der Waals surface area contributed by atoms with Crippen molar-refractivity contribution in [3.05, 3.63) is 63.7 Å². The molecule has 2 atom stereocenters. The fraction of sp³-hybridized carbons (Fsp3) is 0.364. The number of fused-ring (bicyclic) bond motifs is 1. The van der Waals surface area contributed by atoms with E-state index in [9.17, 15) is 19.7 Å². The highest BCUT2D eigenvalue weighted by Crippen LogP contribution is 2.41. The van der Waals surface area contributed by atoms with Gasteiger partial charge in [0, 0.05) is 29.8 Å². The van der Waals surface area contributed by atoms with Gasteiger partial charge in [-0.1, -0.05) is 6.42 Å². The van der Waals surface area contributed by atoms with E-state index in [0.717, 1.165) is 25.8 Å². The Morgan fingerprint density at radius 3 is 2.63 bits per heavy atom. The van der Waals surface area contributed by atoms with Crippen LogP contribution in [0.25, 0.3) is 0 Å². The van der Waals surface area contributed by atoms with E-state index in [4.69, 9.17) is 4.74 Å². The largest absolute Gasteiger partial charge is 0.497 e. The average molecular weight is 409 g/mol. The minimum atomic E-state index is -0.586. The zero-order valence-corrected chi connectivity index (χ0v) is 16.7. The topological polar surface area (TPSA) is 102 Å². The van der Waals surface area contributed by atoms with E-state index >= 15 is 0 Å². The highest BCUT2D eigenvalue weighted by atomic mass is 16.6. The van der Waals surface area contributed by atoms with Gasteiger partial charge < -0.3 is 15.0 Å². The molecule has 2 aliphatic heterocycles. The molecule has 0 spiro atoms. The van der Waals surface area contributed by atoms with Gasteiger partial charge >= 0.3 is 0 Å². The highest BCUT2D eigenvalue weighted by Gasteiger charge is 2.40. The van der Waals surface area contributed by atoms with Crippen LogP contribution in [0.3, 0.4) is 0 Å². The third-order valence-electron chi connectivity index (χ3n) is 5.81. The van der Waals surface area contributed by atoms with Gasteiger partial charge in [0.1, 0.15) is 5.75 Å². The van der Waals surface area contributed by atoms with E-state index < -0.39 is 11.0 Å². The third-order valence-corrected chi connectivity index (χ3v) is 5.81. The van der Waals surface area contributed by atoms with Crippen molar-refractivity contribution in [2.75, 3.05) is 18.6 Å². The molecule has 1 fully saturated rings. The number of nitro benzene ring substituents is 1. The first-order chi connectivity index (χ1) is 14.5. The van der Waals surface area contributed by atoms with Crippen molar-refractivity contribution in [2.24, 2.45) is 0 Å². The molecule has 0 aliphatic carbocycles. The molecule has 4 rings (SSSR count). The van der Waals surface area contributed by atoms with Gasteiger partial charge in [0.05, 0.1) is 24.1 Å². The first kappa shape index (κ1) is 20.0. The Balaban J connectivity index is 1.72. The van der Waals surface area contributed by atoms with Crippen LogP contribution in [-0.2, 0) is 4.79 Å². The number of nitro groups is 1. The maximum atomic E-state index is 13.2. The highest BCUT2D eigenvalue weighted by molar-refractivity contribution is 6.12. The second-order valence-corrected chi connectivity index (χ2v) is 7.59. The van der Waals surface area contributed by atoms with Crippen molar-refractivity contribution in [2.45, 2.75) is 37.8 Å². The molecular formula is C22H23N3O5. The number of amides is 1. The van der Waals surface area contributed by atoms with E-state index in [2.05, 4.69) is 5.32 Å². The maximum Gasteiger partial charge on any atom is 0.269 e. The van der Waals surface area contributed by atoms with Crippen molar-refractivity contribution >= 4 is 23.1 Å². The zero-order chi connectivity index (χ0) is 21.3. The summed E-state index contributed by atoms with van der Waals surface area (Å²) in [6.07, 6.45) is 2.89. The molecule has 8 heteroatoms. The lowest BCUT2D eigenvalue weighted by Gasteiger charge is -2.28. The van der Waals surface area contributed by atoms with E-state index in [-0.39, 0.29) is 29.8 Å². The molecule has 1 amide bonds. The lowest BCUT2D eigenvalue weighted by Crippen LogP contribution is -2.42. The number of carbonyl (C=O) groups is 2. The van der Waals surface area contributed by atoms with Crippen LogP contribution >= 0.6 is 0 Å². The van der Waals surface area contributed by atoms with Gasteiger partial charge in [0.15, 0.2) is 5.78 Å². The van der Waals surface area contributed by atoms with Crippen LogP contribution in [0.4, 0.5) is 11.4 Å². The number of anilines is 1. The molecule has 1 saturated heterocycles. The number of Topliss-reactive ketones (excluding diaryl/α,β-unsaturated/α-hetero) is 1. The van der Waals surface area contributed by atoms with Gasteiger partial charge in [-0.15, -0.1) is 0 Å². The summed E-state index contributed by atoms with van der Waals surface area (Å²) >= 11 is 0. The zero-order valence-electron chi connectivity index (χ0n) is 16.7. The molecule has 2 unspecified atom stereocenters. The molecule has 8 nitrogen and oxygen atoms in total. The minimum Gasteiger partial charge on any atom is -0.497 e. The predicted octanol–water partition coefficient (Wildman–Crippen LogP) is 3.41. The molecule has 30 heavy (non-hydrogen) atoms. The van der Waals surface area contributed by atoms with Gasteiger partial charge in [-0.05, 0) is 55.3 Å². The first-order valence-corrected chi connectivity index (χ1v) is 10.0. The average Bonchev–Trinajstić information content (AvgIpc) is 3.05. The van der Waals surface area contributed by atoms with Crippen LogP contribution in [0, 0.1) is 10.1 Å². The van der Waals surface area contributed by atoms with Crippen LogP contribution in [-0.4, -0.2) is 36.3 Å². The summed E-state index contributed by atoms with van der Waals surface area (Å²) < 4.78 is 5.19.